The summed E-state index contributed by atoms with van der Waals surface area (Å²) in [5, 5.41) is 11.0. The molecule has 1 N–H and O–H groups in total. The molecule has 0 spiro atoms. The fourth-order valence-electron chi connectivity index (χ4n) is 1.55. The molecule has 0 unspecified atom stereocenters. The average Bonchev–Trinajstić information content (AvgIpc) is 2.45. The number of nitrogens with zero attached hydrogens (tertiary/aromatic N) is 2. The smallest absolute Gasteiger partial charge is 0.242 e. The molecule has 108 valence electrons. The van der Waals surface area contributed by atoms with E-state index < -0.39 is 10.0 Å². The van der Waals surface area contributed by atoms with Gasteiger partial charge in [0.25, 0.3) is 0 Å². The second kappa shape index (κ2) is 7.03. The number of nitriles is 1. The Labute approximate surface area is 119 Å². The van der Waals surface area contributed by atoms with E-state index in [9.17, 15) is 13.2 Å². The van der Waals surface area contributed by atoms with Crippen molar-refractivity contribution in [3.63, 3.8) is 0 Å². The van der Waals surface area contributed by atoms with Crippen LogP contribution in [0, 0.1) is 11.3 Å². The lowest BCUT2D eigenvalue weighted by Crippen LogP contribution is -2.31. The number of hydrogen-bond acceptors (Lipinski definition) is 4. The van der Waals surface area contributed by atoms with Gasteiger partial charge in [-0.1, -0.05) is 12.1 Å². The van der Waals surface area contributed by atoms with Crippen LogP contribution in [0.2, 0.25) is 0 Å². The predicted molar refractivity (Wildman–Crippen MR) is 74.3 cm³/mol. The minimum Gasteiger partial charge on any atom is -0.359 e. The van der Waals surface area contributed by atoms with E-state index in [1.165, 1.54) is 26.2 Å². The number of nitrogens with one attached hydrogen (secondary N) is 1. The van der Waals surface area contributed by atoms with Crippen molar-refractivity contribution in [3.8, 4) is 6.07 Å². The van der Waals surface area contributed by atoms with Crippen molar-refractivity contribution in [1.29, 1.82) is 5.26 Å². The van der Waals surface area contributed by atoms with Gasteiger partial charge in [0.15, 0.2) is 0 Å². The summed E-state index contributed by atoms with van der Waals surface area (Å²) in [7, 11) is -0.667. The standard InChI is InChI=1S/C13H17N3O3S/c1-15-13(17)8-10-16(2)20(18,19)12-5-3-11(4-6-12)7-9-14/h3-6H,7-8,10H2,1-2H3,(H,15,17). The SMILES string of the molecule is CNC(=O)CCN(C)S(=O)(=O)c1ccc(CC#N)cc1. The lowest BCUT2D eigenvalue weighted by atomic mass is 10.2. The summed E-state index contributed by atoms with van der Waals surface area (Å²) in [6, 6.07) is 8.17. The molecule has 0 aromatic heterocycles. The molecule has 1 amide bonds. The molecule has 0 aliphatic rings. The van der Waals surface area contributed by atoms with E-state index in [4.69, 9.17) is 5.26 Å². The second-order valence-corrected chi connectivity index (χ2v) is 6.27. The fourth-order valence-corrected chi connectivity index (χ4v) is 2.73. The summed E-state index contributed by atoms with van der Waals surface area (Å²) in [5.41, 5.74) is 0.763. The van der Waals surface area contributed by atoms with E-state index in [1.807, 2.05) is 6.07 Å². The molecule has 0 saturated heterocycles. The Morgan fingerprint density at radius 3 is 2.45 bits per heavy atom. The number of benzene rings is 1. The minimum atomic E-state index is -3.60. The van der Waals surface area contributed by atoms with Gasteiger partial charge in [0, 0.05) is 27.1 Å². The molecule has 0 atom stereocenters. The van der Waals surface area contributed by atoms with Crippen molar-refractivity contribution in [2.75, 3.05) is 20.6 Å². The Balaban J connectivity index is 2.82. The highest BCUT2D eigenvalue weighted by molar-refractivity contribution is 7.89. The van der Waals surface area contributed by atoms with Crippen LogP contribution in [0.25, 0.3) is 0 Å². The van der Waals surface area contributed by atoms with E-state index in [1.54, 1.807) is 12.1 Å². The van der Waals surface area contributed by atoms with Gasteiger partial charge in [0.1, 0.15) is 0 Å². The first-order valence-corrected chi connectivity index (χ1v) is 7.48. The van der Waals surface area contributed by atoms with Crippen LogP contribution in [0.5, 0.6) is 0 Å². The van der Waals surface area contributed by atoms with Gasteiger partial charge in [-0.15, -0.1) is 0 Å². The number of sulfonamides is 1. The van der Waals surface area contributed by atoms with Gasteiger partial charge in [-0.25, -0.2) is 12.7 Å². The molecule has 1 aromatic carbocycles. The van der Waals surface area contributed by atoms with Crippen molar-refractivity contribution >= 4 is 15.9 Å². The van der Waals surface area contributed by atoms with Crippen LogP contribution in [-0.4, -0.2) is 39.3 Å². The summed E-state index contributed by atoms with van der Waals surface area (Å²) >= 11 is 0. The quantitative estimate of drug-likeness (QED) is 0.828. The Morgan fingerprint density at radius 1 is 1.35 bits per heavy atom. The Morgan fingerprint density at radius 2 is 1.95 bits per heavy atom. The van der Waals surface area contributed by atoms with E-state index in [2.05, 4.69) is 5.32 Å². The van der Waals surface area contributed by atoms with Gasteiger partial charge in [0.2, 0.25) is 15.9 Å². The van der Waals surface area contributed by atoms with Crippen molar-refractivity contribution in [1.82, 2.24) is 9.62 Å². The molecule has 0 aliphatic heterocycles. The fraction of sp³-hybridized carbons (Fsp3) is 0.385. The van der Waals surface area contributed by atoms with Crippen molar-refractivity contribution in [2.45, 2.75) is 17.7 Å². The Bertz CT molecular complexity index is 603. The van der Waals surface area contributed by atoms with Gasteiger partial charge in [-0.3, -0.25) is 4.79 Å². The van der Waals surface area contributed by atoms with Crippen LogP contribution in [0.1, 0.15) is 12.0 Å². The number of carbonyl (C=O) groups excluding carboxylic acids is 1. The molecular formula is C13H17N3O3S. The minimum absolute atomic E-state index is 0.110. The first-order valence-electron chi connectivity index (χ1n) is 6.04. The van der Waals surface area contributed by atoms with Gasteiger partial charge in [-0.05, 0) is 17.7 Å². The normalized spacial score (nSPS) is 11.1. The molecule has 20 heavy (non-hydrogen) atoms. The largest absolute Gasteiger partial charge is 0.359 e. The van der Waals surface area contributed by atoms with Crippen LogP contribution in [0.3, 0.4) is 0 Å². The van der Waals surface area contributed by atoms with Crippen molar-refractivity contribution < 1.29 is 13.2 Å². The van der Waals surface area contributed by atoms with Crippen LogP contribution < -0.4 is 5.32 Å². The van der Waals surface area contributed by atoms with Gasteiger partial charge < -0.3 is 5.32 Å². The topological polar surface area (TPSA) is 90.3 Å². The second-order valence-electron chi connectivity index (χ2n) is 4.23. The monoisotopic (exact) mass is 295 g/mol. The summed E-state index contributed by atoms with van der Waals surface area (Å²) < 4.78 is 25.6. The first kappa shape index (κ1) is 16.1. The predicted octanol–water partition coefficient (Wildman–Crippen LogP) is 0.509. The zero-order valence-electron chi connectivity index (χ0n) is 11.5. The zero-order valence-corrected chi connectivity index (χ0v) is 12.3. The van der Waals surface area contributed by atoms with Gasteiger partial charge >= 0.3 is 0 Å². The molecule has 0 radical (unpaired) electrons. The van der Waals surface area contributed by atoms with E-state index in [0.717, 1.165) is 9.87 Å². The first-order chi connectivity index (χ1) is 9.41. The van der Waals surface area contributed by atoms with E-state index in [-0.39, 0.29) is 30.2 Å². The third-order valence-electron chi connectivity index (χ3n) is 2.85. The molecule has 0 saturated carbocycles. The summed E-state index contributed by atoms with van der Waals surface area (Å²) in [6.45, 7) is 0.113. The van der Waals surface area contributed by atoms with Crippen LogP contribution >= 0.6 is 0 Å². The maximum atomic E-state index is 12.2. The summed E-state index contributed by atoms with van der Waals surface area (Å²) in [6.07, 6.45) is 0.353. The lowest BCUT2D eigenvalue weighted by Gasteiger charge is -2.16. The van der Waals surface area contributed by atoms with Crippen molar-refractivity contribution in [3.05, 3.63) is 29.8 Å². The molecule has 0 heterocycles. The van der Waals surface area contributed by atoms with Gasteiger partial charge in [-0.2, -0.15) is 5.26 Å². The number of hydrogen-bond donors (Lipinski definition) is 1. The van der Waals surface area contributed by atoms with E-state index in [0.29, 0.717) is 0 Å². The molecule has 0 bridgehead atoms. The highest BCUT2D eigenvalue weighted by Gasteiger charge is 2.20. The molecular weight excluding hydrogens is 278 g/mol. The average molecular weight is 295 g/mol. The Kier molecular flexibility index (Phi) is 5.67. The third-order valence-corrected chi connectivity index (χ3v) is 4.72. The Hall–Kier alpha value is -1.91. The molecule has 1 aromatic rings. The molecule has 0 aliphatic carbocycles. The zero-order chi connectivity index (χ0) is 15.2. The van der Waals surface area contributed by atoms with Crippen LogP contribution in [0.4, 0.5) is 0 Å². The molecule has 6 nitrogen and oxygen atoms in total. The van der Waals surface area contributed by atoms with Crippen LogP contribution in [0.15, 0.2) is 29.2 Å². The van der Waals surface area contributed by atoms with Gasteiger partial charge in [0.05, 0.1) is 17.4 Å². The van der Waals surface area contributed by atoms with Crippen LogP contribution in [-0.2, 0) is 21.2 Å². The number of rotatable bonds is 6. The lowest BCUT2D eigenvalue weighted by molar-refractivity contribution is -0.120. The van der Waals surface area contributed by atoms with Crippen molar-refractivity contribution in [2.24, 2.45) is 0 Å². The molecule has 1 rings (SSSR count). The maximum absolute atomic E-state index is 12.2. The highest BCUT2D eigenvalue weighted by Crippen LogP contribution is 2.15. The maximum Gasteiger partial charge on any atom is 0.242 e. The molecule has 7 heteroatoms. The number of amides is 1. The highest BCUT2D eigenvalue weighted by atomic mass is 32.2. The number of carbonyl (C=O) groups is 1. The third kappa shape index (κ3) is 4.05. The summed E-state index contributed by atoms with van der Waals surface area (Å²) in [4.78, 5) is 11.3. The molecule has 0 fully saturated rings. The summed E-state index contributed by atoms with van der Waals surface area (Å²) in [5.74, 6) is -0.212. The van der Waals surface area contributed by atoms with E-state index >= 15 is 0 Å².